The Morgan fingerprint density at radius 2 is 1.69 bits per heavy atom. The highest BCUT2D eigenvalue weighted by atomic mass is 16.5. The first-order valence-electron chi connectivity index (χ1n) is 11.3. The van der Waals surface area contributed by atoms with E-state index in [4.69, 9.17) is 15.7 Å². The van der Waals surface area contributed by atoms with Gasteiger partial charge in [-0.05, 0) is 54.2 Å². The van der Waals surface area contributed by atoms with Crippen molar-refractivity contribution in [2.75, 3.05) is 12.4 Å². The zero-order valence-electron chi connectivity index (χ0n) is 21.2. The molecule has 0 aliphatic carbocycles. The summed E-state index contributed by atoms with van der Waals surface area (Å²) in [5.41, 5.74) is 11.3. The Bertz CT molecular complexity index is 1340. The molecule has 3 aromatic rings. The number of oxime groups is 2. The Balaban J connectivity index is 2.03. The first-order valence-corrected chi connectivity index (χ1v) is 11.3. The van der Waals surface area contributed by atoms with Gasteiger partial charge in [-0.3, -0.25) is 9.78 Å². The van der Waals surface area contributed by atoms with E-state index < -0.39 is 5.91 Å². The number of nitrogens with two attached hydrogens (primary N) is 1. The predicted molar refractivity (Wildman–Crippen MR) is 141 cm³/mol. The number of carbonyl (C=O) groups is 1. The van der Waals surface area contributed by atoms with Crippen LogP contribution in [0.4, 0.5) is 5.69 Å². The van der Waals surface area contributed by atoms with E-state index >= 15 is 0 Å². The molecule has 0 bridgehead atoms. The van der Waals surface area contributed by atoms with Crippen molar-refractivity contribution in [2.45, 2.75) is 40.0 Å². The third-order valence-corrected chi connectivity index (χ3v) is 5.90. The van der Waals surface area contributed by atoms with Crippen LogP contribution >= 0.6 is 0 Å². The van der Waals surface area contributed by atoms with Gasteiger partial charge in [-0.15, -0.1) is 0 Å². The lowest BCUT2D eigenvalue weighted by molar-refractivity contribution is 0.102. The number of ether oxygens (including phenoxy) is 1. The molecule has 0 spiro atoms. The molecule has 0 radical (unpaired) electrons. The molecule has 0 saturated heterocycles. The second kappa shape index (κ2) is 10.5. The smallest absolute Gasteiger partial charge is 0.259 e. The summed E-state index contributed by atoms with van der Waals surface area (Å²) in [6.45, 7) is 9.60. The highest BCUT2D eigenvalue weighted by Gasteiger charge is 2.25. The summed E-state index contributed by atoms with van der Waals surface area (Å²) in [5.74, 6) is -0.379. The molecule has 1 aromatic heterocycles. The SMILES string of the molecule is COc1c(C(=O)Nc2cnc(C)c(-c3ccc(C(C)=NO)cc3)c2)cc(C(C)(C)C)cc1C(N)=NO. The minimum atomic E-state index is -0.424. The molecule has 0 aliphatic heterocycles. The summed E-state index contributed by atoms with van der Waals surface area (Å²) < 4.78 is 5.50. The second-order valence-electron chi connectivity index (χ2n) is 9.41. The third kappa shape index (κ3) is 5.46. The highest BCUT2D eigenvalue weighted by molar-refractivity contribution is 6.10. The van der Waals surface area contributed by atoms with E-state index in [1.165, 1.54) is 7.11 Å². The number of nitrogens with one attached hydrogen (secondary N) is 1. The van der Waals surface area contributed by atoms with Gasteiger partial charge < -0.3 is 26.2 Å². The van der Waals surface area contributed by atoms with Gasteiger partial charge >= 0.3 is 0 Å². The zero-order valence-corrected chi connectivity index (χ0v) is 21.2. The van der Waals surface area contributed by atoms with E-state index in [-0.39, 0.29) is 22.6 Å². The van der Waals surface area contributed by atoms with Crippen LogP contribution in [0.3, 0.4) is 0 Å². The fourth-order valence-corrected chi connectivity index (χ4v) is 3.74. The quantitative estimate of drug-likeness (QED) is 0.168. The molecule has 2 aromatic carbocycles. The molecular formula is C27H31N5O4. The number of benzene rings is 2. The second-order valence-corrected chi connectivity index (χ2v) is 9.41. The van der Waals surface area contributed by atoms with Crippen molar-refractivity contribution in [3.63, 3.8) is 0 Å². The lowest BCUT2D eigenvalue weighted by atomic mass is 9.84. The highest BCUT2D eigenvalue weighted by Crippen LogP contribution is 2.33. The lowest BCUT2D eigenvalue weighted by Gasteiger charge is -2.23. The Hall–Kier alpha value is -4.40. The first-order chi connectivity index (χ1) is 17.0. The van der Waals surface area contributed by atoms with Crippen LogP contribution in [0, 0.1) is 6.92 Å². The minimum Gasteiger partial charge on any atom is -0.495 e. The van der Waals surface area contributed by atoms with Crippen LogP contribution < -0.4 is 15.8 Å². The summed E-state index contributed by atoms with van der Waals surface area (Å²) in [6.07, 6.45) is 1.58. The van der Waals surface area contributed by atoms with E-state index in [9.17, 15) is 10.0 Å². The number of hydrogen-bond acceptors (Lipinski definition) is 7. The number of hydrogen-bond donors (Lipinski definition) is 4. The number of rotatable bonds is 6. The summed E-state index contributed by atoms with van der Waals surface area (Å²) >= 11 is 0. The van der Waals surface area contributed by atoms with Crippen LogP contribution in [0.2, 0.25) is 0 Å². The van der Waals surface area contributed by atoms with Crippen LogP contribution in [0.5, 0.6) is 5.75 Å². The summed E-state index contributed by atoms with van der Waals surface area (Å²) in [6, 6.07) is 12.8. The molecule has 36 heavy (non-hydrogen) atoms. The van der Waals surface area contributed by atoms with Crippen molar-refractivity contribution in [1.29, 1.82) is 0 Å². The number of methoxy groups -OCH3 is 1. The fourth-order valence-electron chi connectivity index (χ4n) is 3.74. The van der Waals surface area contributed by atoms with E-state index in [2.05, 4.69) is 20.6 Å². The molecule has 0 saturated carbocycles. The molecular weight excluding hydrogens is 458 g/mol. The Kier molecular flexibility index (Phi) is 7.62. The maximum Gasteiger partial charge on any atom is 0.259 e. The van der Waals surface area contributed by atoms with Crippen LogP contribution in [0.15, 0.2) is 59.0 Å². The standard InChI is InChI=1S/C27H31N5O4/c1-15(31-34)17-7-9-18(10-8-17)21-13-20(14-29-16(21)2)30-26(33)23-12-19(27(3,4)5)11-22(24(23)36-6)25(28)32-35/h7-14,34-35H,1-6H3,(H2,28,32)(H,30,33). The van der Waals surface area contributed by atoms with Gasteiger partial charge in [0.15, 0.2) is 5.84 Å². The first kappa shape index (κ1) is 26.2. The molecule has 188 valence electrons. The van der Waals surface area contributed by atoms with E-state index in [1.54, 1.807) is 25.3 Å². The lowest BCUT2D eigenvalue weighted by Crippen LogP contribution is -2.22. The Labute approximate surface area is 210 Å². The maximum atomic E-state index is 13.4. The van der Waals surface area contributed by atoms with Crippen molar-refractivity contribution in [1.82, 2.24) is 4.98 Å². The molecule has 0 fully saturated rings. The van der Waals surface area contributed by atoms with Gasteiger partial charge in [-0.2, -0.15) is 0 Å². The Morgan fingerprint density at radius 1 is 1.06 bits per heavy atom. The number of amides is 1. The molecule has 9 nitrogen and oxygen atoms in total. The molecule has 0 unspecified atom stereocenters. The van der Waals surface area contributed by atoms with Gasteiger partial charge in [-0.1, -0.05) is 55.3 Å². The number of nitrogens with zero attached hydrogens (tertiary/aromatic N) is 3. The van der Waals surface area contributed by atoms with Crippen LogP contribution in [-0.2, 0) is 5.41 Å². The van der Waals surface area contributed by atoms with Gasteiger partial charge in [0.2, 0.25) is 0 Å². The topological polar surface area (TPSA) is 142 Å². The van der Waals surface area contributed by atoms with Gasteiger partial charge in [-0.25, -0.2) is 0 Å². The van der Waals surface area contributed by atoms with E-state index in [1.807, 2.05) is 58.0 Å². The average Bonchev–Trinajstić information content (AvgIpc) is 2.87. The number of anilines is 1. The number of amidine groups is 1. The van der Waals surface area contributed by atoms with Gasteiger partial charge in [0, 0.05) is 11.3 Å². The normalized spacial score (nSPS) is 12.4. The van der Waals surface area contributed by atoms with Crippen molar-refractivity contribution < 1.29 is 19.9 Å². The van der Waals surface area contributed by atoms with Crippen molar-refractivity contribution in [3.05, 3.63) is 76.6 Å². The van der Waals surface area contributed by atoms with E-state index in [0.29, 0.717) is 17.0 Å². The number of carbonyl (C=O) groups excluding carboxylic acids is 1. The number of aryl methyl sites for hydroxylation is 1. The number of pyridine rings is 1. The van der Waals surface area contributed by atoms with Crippen molar-refractivity contribution in [2.24, 2.45) is 16.0 Å². The molecule has 3 rings (SSSR count). The van der Waals surface area contributed by atoms with Crippen LogP contribution in [-0.4, -0.2) is 40.0 Å². The van der Waals surface area contributed by atoms with Crippen molar-refractivity contribution in [3.8, 4) is 16.9 Å². The predicted octanol–water partition coefficient (Wildman–Crippen LogP) is 4.91. The fraction of sp³-hybridized carbons (Fsp3) is 0.259. The minimum absolute atomic E-state index is 0.156. The summed E-state index contributed by atoms with van der Waals surface area (Å²) in [4.78, 5) is 17.9. The third-order valence-electron chi connectivity index (χ3n) is 5.90. The molecule has 1 amide bonds. The largest absolute Gasteiger partial charge is 0.495 e. The van der Waals surface area contributed by atoms with Crippen LogP contribution in [0.1, 0.15) is 60.4 Å². The van der Waals surface area contributed by atoms with Gasteiger partial charge in [0.05, 0.1) is 35.8 Å². The average molecular weight is 490 g/mol. The van der Waals surface area contributed by atoms with Crippen LogP contribution in [0.25, 0.3) is 11.1 Å². The van der Waals surface area contributed by atoms with Crippen molar-refractivity contribution >= 4 is 23.1 Å². The van der Waals surface area contributed by atoms with Gasteiger partial charge in [0.1, 0.15) is 5.75 Å². The molecule has 5 N–H and O–H groups in total. The maximum absolute atomic E-state index is 13.4. The van der Waals surface area contributed by atoms with E-state index in [0.717, 1.165) is 27.9 Å². The van der Waals surface area contributed by atoms with Gasteiger partial charge in [0.25, 0.3) is 5.91 Å². The Morgan fingerprint density at radius 3 is 2.25 bits per heavy atom. The molecule has 0 aliphatic rings. The molecule has 0 atom stereocenters. The monoisotopic (exact) mass is 489 g/mol. The molecule has 9 heteroatoms. The summed E-state index contributed by atoms with van der Waals surface area (Å²) in [5, 5.41) is 27.5. The molecule has 1 heterocycles. The number of aromatic nitrogens is 1. The summed E-state index contributed by atoms with van der Waals surface area (Å²) in [7, 11) is 1.43. The zero-order chi connectivity index (χ0) is 26.6.